The van der Waals surface area contributed by atoms with E-state index in [4.69, 9.17) is 0 Å². The molecule has 0 atom stereocenters. The lowest BCUT2D eigenvalue weighted by atomic mass is 9.98. The Hall–Kier alpha value is -6.52. The lowest BCUT2D eigenvalue weighted by molar-refractivity contribution is 1.28. The Morgan fingerprint density at radius 1 is 0.273 bits per heavy atom. The minimum Gasteiger partial charge on any atom is -0.311 e. The number of hydrogen-bond acceptors (Lipinski definition) is 3. The van der Waals surface area contributed by atoms with Crippen molar-refractivity contribution in [1.29, 1.82) is 0 Å². The molecule has 11 rings (SSSR count). The number of benzene rings is 9. The molecule has 0 saturated heterocycles. The minimum atomic E-state index is 1.11. The minimum absolute atomic E-state index is 1.11. The van der Waals surface area contributed by atoms with Crippen LogP contribution in [0.1, 0.15) is 0 Å². The van der Waals surface area contributed by atoms with Crippen LogP contribution in [0.15, 0.2) is 200 Å². The summed E-state index contributed by atoms with van der Waals surface area (Å²) in [5, 5.41) is 7.81. The van der Waals surface area contributed by atoms with Crippen LogP contribution >= 0.6 is 22.7 Å². The predicted octanol–water partition coefficient (Wildman–Crippen LogP) is 16.0. The van der Waals surface area contributed by atoms with Crippen LogP contribution in [0, 0.1) is 0 Å². The Balaban J connectivity index is 1.01. The Bertz CT molecular complexity index is 3020. The third kappa shape index (κ3) is 5.43. The van der Waals surface area contributed by atoms with E-state index < -0.39 is 0 Å². The van der Waals surface area contributed by atoms with Crippen molar-refractivity contribution in [2.75, 3.05) is 4.90 Å². The lowest BCUT2D eigenvalue weighted by Crippen LogP contribution is -2.09. The second-order valence-corrected chi connectivity index (χ2v) is 16.2. The lowest BCUT2D eigenvalue weighted by Gasteiger charge is -2.26. The van der Waals surface area contributed by atoms with Gasteiger partial charge in [0.2, 0.25) is 0 Å². The zero-order chi connectivity index (χ0) is 36.3. The van der Waals surface area contributed by atoms with Crippen molar-refractivity contribution in [3.8, 4) is 33.4 Å². The first kappa shape index (κ1) is 32.0. The normalized spacial score (nSPS) is 11.6. The standard InChI is InChI=1S/C52H33NS2/c1-2-12-41-34(10-1)11-7-15-42(41)35-22-28-38(29-23-35)53(39-30-24-36(25-31-39)43-16-8-18-47-45-13-3-5-20-49(45)54-51(43)47)40-32-26-37(27-33-40)44-17-9-19-48-46-14-4-6-21-50(46)55-52(44)48/h1-33H. The van der Waals surface area contributed by atoms with Gasteiger partial charge in [-0.1, -0.05) is 152 Å². The molecule has 1 nitrogen and oxygen atoms in total. The fraction of sp³-hybridized carbons (Fsp3) is 0. The highest BCUT2D eigenvalue weighted by Gasteiger charge is 2.17. The van der Waals surface area contributed by atoms with Gasteiger partial charge in [-0.25, -0.2) is 0 Å². The molecule has 11 aromatic rings. The molecule has 2 heterocycles. The SMILES string of the molecule is c1ccc2c(-c3ccc(N(c4ccc(-c5cccc6c5sc5ccccc56)cc4)c4ccc(-c5cccc6c5sc5ccccc56)cc4)cc3)cccc2c1. The van der Waals surface area contributed by atoms with Gasteiger partial charge in [-0.15, -0.1) is 22.7 Å². The van der Waals surface area contributed by atoms with Crippen molar-refractivity contribution in [2.24, 2.45) is 0 Å². The van der Waals surface area contributed by atoms with E-state index in [1.807, 2.05) is 22.7 Å². The molecule has 9 aromatic carbocycles. The van der Waals surface area contributed by atoms with E-state index in [9.17, 15) is 0 Å². The van der Waals surface area contributed by atoms with E-state index in [-0.39, 0.29) is 0 Å². The molecule has 0 saturated carbocycles. The summed E-state index contributed by atoms with van der Waals surface area (Å²) < 4.78 is 5.32. The van der Waals surface area contributed by atoms with E-state index in [0.717, 1.165) is 17.1 Å². The molecular weight excluding hydrogens is 703 g/mol. The van der Waals surface area contributed by atoms with Crippen molar-refractivity contribution in [3.63, 3.8) is 0 Å². The smallest absolute Gasteiger partial charge is 0.0462 e. The van der Waals surface area contributed by atoms with Gasteiger partial charge >= 0.3 is 0 Å². The fourth-order valence-corrected chi connectivity index (χ4v) is 10.7. The summed E-state index contributed by atoms with van der Waals surface area (Å²) in [7, 11) is 0. The molecule has 2 aromatic heterocycles. The van der Waals surface area contributed by atoms with Crippen molar-refractivity contribution in [1.82, 2.24) is 0 Å². The molecule has 0 spiro atoms. The zero-order valence-corrected chi connectivity index (χ0v) is 31.4. The van der Waals surface area contributed by atoms with Crippen LogP contribution in [-0.4, -0.2) is 0 Å². The maximum absolute atomic E-state index is 2.38. The Kier molecular flexibility index (Phi) is 7.61. The number of nitrogens with zero attached hydrogens (tertiary/aromatic N) is 1. The van der Waals surface area contributed by atoms with Crippen LogP contribution in [0.3, 0.4) is 0 Å². The Morgan fingerprint density at radius 2 is 0.636 bits per heavy atom. The van der Waals surface area contributed by atoms with E-state index >= 15 is 0 Å². The van der Waals surface area contributed by atoms with Gasteiger partial charge < -0.3 is 4.90 Å². The molecule has 0 aliphatic rings. The molecule has 0 bridgehead atoms. The first-order valence-corrected chi connectivity index (χ1v) is 20.3. The Labute approximate surface area is 327 Å². The third-order valence-corrected chi connectivity index (χ3v) is 13.3. The molecule has 0 radical (unpaired) electrons. The summed E-state index contributed by atoms with van der Waals surface area (Å²) in [6, 6.07) is 73.3. The van der Waals surface area contributed by atoms with E-state index in [1.54, 1.807) is 0 Å². The summed E-state index contributed by atoms with van der Waals surface area (Å²) in [6.07, 6.45) is 0. The van der Waals surface area contributed by atoms with E-state index in [2.05, 4.69) is 205 Å². The second kappa shape index (κ2) is 13.1. The van der Waals surface area contributed by atoms with Gasteiger partial charge in [-0.2, -0.15) is 0 Å². The average molecular weight is 736 g/mol. The maximum atomic E-state index is 2.38. The van der Waals surface area contributed by atoms with Gasteiger partial charge in [-0.05, 0) is 92.7 Å². The summed E-state index contributed by atoms with van der Waals surface area (Å²) >= 11 is 3.76. The van der Waals surface area contributed by atoms with Crippen molar-refractivity contribution in [3.05, 3.63) is 200 Å². The van der Waals surface area contributed by atoms with Crippen LogP contribution in [-0.2, 0) is 0 Å². The van der Waals surface area contributed by atoms with E-state index in [1.165, 1.54) is 84.5 Å². The Morgan fingerprint density at radius 3 is 1.15 bits per heavy atom. The van der Waals surface area contributed by atoms with Crippen LogP contribution in [0.4, 0.5) is 17.1 Å². The van der Waals surface area contributed by atoms with Gasteiger partial charge in [0.15, 0.2) is 0 Å². The number of anilines is 3. The van der Waals surface area contributed by atoms with Crippen LogP contribution < -0.4 is 4.90 Å². The van der Waals surface area contributed by atoms with Gasteiger partial charge in [0.05, 0.1) is 0 Å². The largest absolute Gasteiger partial charge is 0.311 e. The molecule has 3 heteroatoms. The molecule has 0 amide bonds. The third-order valence-electron chi connectivity index (χ3n) is 10.9. The molecule has 0 fully saturated rings. The predicted molar refractivity (Wildman–Crippen MR) is 241 cm³/mol. The number of rotatable bonds is 6. The van der Waals surface area contributed by atoms with Crippen molar-refractivity contribution in [2.45, 2.75) is 0 Å². The number of fused-ring (bicyclic) bond motifs is 7. The highest BCUT2D eigenvalue weighted by Crippen LogP contribution is 2.44. The zero-order valence-electron chi connectivity index (χ0n) is 29.8. The summed E-state index contributed by atoms with van der Waals surface area (Å²) in [5.41, 5.74) is 10.8. The maximum Gasteiger partial charge on any atom is 0.0462 e. The van der Waals surface area contributed by atoms with Crippen molar-refractivity contribution < 1.29 is 0 Å². The topological polar surface area (TPSA) is 3.24 Å². The molecule has 0 aliphatic heterocycles. The second-order valence-electron chi connectivity index (χ2n) is 14.1. The molecular formula is C52H33NS2. The first-order valence-electron chi connectivity index (χ1n) is 18.7. The molecule has 0 aliphatic carbocycles. The van der Waals surface area contributed by atoms with Gasteiger partial charge in [0, 0.05) is 57.4 Å². The van der Waals surface area contributed by atoms with Gasteiger partial charge in [-0.3, -0.25) is 0 Å². The van der Waals surface area contributed by atoms with Crippen molar-refractivity contribution >= 4 is 90.9 Å². The van der Waals surface area contributed by atoms with Gasteiger partial charge in [0.1, 0.15) is 0 Å². The molecule has 0 N–H and O–H groups in total. The summed E-state index contributed by atoms with van der Waals surface area (Å²) in [5.74, 6) is 0. The first-order chi connectivity index (χ1) is 27.3. The van der Waals surface area contributed by atoms with Gasteiger partial charge in [0.25, 0.3) is 0 Å². The average Bonchev–Trinajstić information content (AvgIpc) is 3.83. The van der Waals surface area contributed by atoms with Crippen LogP contribution in [0.5, 0.6) is 0 Å². The quantitative estimate of drug-likeness (QED) is 0.164. The van der Waals surface area contributed by atoms with Crippen LogP contribution in [0.25, 0.3) is 84.5 Å². The summed E-state index contributed by atoms with van der Waals surface area (Å²) in [4.78, 5) is 2.38. The highest BCUT2D eigenvalue weighted by atomic mass is 32.1. The summed E-state index contributed by atoms with van der Waals surface area (Å²) in [6.45, 7) is 0. The monoisotopic (exact) mass is 735 g/mol. The highest BCUT2D eigenvalue weighted by molar-refractivity contribution is 7.26. The molecule has 0 unspecified atom stereocenters. The fourth-order valence-electron chi connectivity index (χ4n) is 8.24. The molecule has 55 heavy (non-hydrogen) atoms. The molecule has 258 valence electrons. The number of hydrogen-bond donors (Lipinski definition) is 0. The number of thiophene rings is 2. The van der Waals surface area contributed by atoms with Crippen LogP contribution in [0.2, 0.25) is 0 Å². The van der Waals surface area contributed by atoms with E-state index in [0.29, 0.717) is 0 Å².